The Kier molecular flexibility index (Phi) is 4.47. The molecule has 0 spiro atoms. The van der Waals surface area contributed by atoms with Crippen LogP contribution in [0, 0.1) is 17.6 Å². The van der Waals surface area contributed by atoms with Crippen LogP contribution >= 0.6 is 0 Å². The van der Waals surface area contributed by atoms with E-state index in [1.165, 1.54) is 6.07 Å². The number of rotatable bonds is 3. The predicted molar refractivity (Wildman–Crippen MR) is 66.9 cm³/mol. The number of piperidine rings is 1. The van der Waals surface area contributed by atoms with Crippen molar-refractivity contribution in [1.82, 2.24) is 4.90 Å². The fourth-order valence-electron chi connectivity index (χ4n) is 2.37. The topological polar surface area (TPSA) is 29.5 Å². The van der Waals surface area contributed by atoms with E-state index < -0.39 is 11.6 Å². The van der Waals surface area contributed by atoms with Gasteiger partial charge in [0, 0.05) is 32.9 Å². The molecule has 1 amide bonds. The van der Waals surface area contributed by atoms with Gasteiger partial charge in [-0.3, -0.25) is 4.79 Å². The summed E-state index contributed by atoms with van der Waals surface area (Å²) in [7, 11) is 1.66. The maximum atomic E-state index is 13.5. The van der Waals surface area contributed by atoms with Gasteiger partial charge in [-0.1, -0.05) is 0 Å². The summed E-state index contributed by atoms with van der Waals surface area (Å²) >= 11 is 0. The van der Waals surface area contributed by atoms with Gasteiger partial charge in [-0.25, -0.2) is 8.78 Å². The Morgan fingerprint density at radius 1 is 1.37 bits per heavy atom. The second kappa shape index (κ2) is 6.10. The van der Waals surface area contributed by atoms with Crippen LogP contribution in [-0.4, -0.2) is 37.6 Å². The highest BCUT2D eigenvalue weighted by Gasteiger charge is 2.25. The third-order valence-electron chi connectivity index (χ3n) is 3.47. The molecule has 1 aliphatic rings. The first-order chi connectivity index (χ1) is 9.11. The van der Waals surface area contributed by atoms with E-state index >= 15 is 0 Å². The Hall–Kier alpha value is -1.49. The number of hydrogen-bond acceptors (Lipinski definition) is 2. The number of likely N-dealkylation sites (tertiary alicyclic amines) is 1. The smallest absolute Gasteiger partial charge is 0.256 e. The van der Waals surface area contributed by atoms with Crippen molar-refractivity contribution in [2.75, 3.05) is 26.8 Å². The molecule has 1 aromatic carbocycles. The lowest BCUT2D eigenvalue weighted by Crippen LogP contribution is -2.39. The van der Waals surface area contributed by atoms with Crippen LogP contribution < -0.4 is 0 Å². The molecule has 104 valence electrons. The molecule has 1 aromatic rings. The lowest BCUT2D eigenvalue weighted by Gasteiger charge is -2.31. The Morgan fingerprint density at radius 2 is 2.05 bits per heavy atom. The fraction of sp³-hybridized carbons (Fsp3) is 0.500. The van der Waals surface area contributed by atoms with Crippen LogP contribution in [0.2, 0.25) is 0 Å². The molecule has 0 N–H and O–H groups in total. The minimum atomic E-state index is -0.802. The average molecular weight is 269 g/mol. The molecule has 0 bridgehead atoms. The molecule has 0 atom stereocenters. The number of hydrogen-bond donors (Lipinski definition) is 0. The monoisotopic (exact) mass is 269 g/mol. The zero-order valence-corrected chi connectivity index (χ0v) is 10.9. The second-order valence-electron chi connectivity index (χ2n) is 4.82. The molecule has 1 heterocycles. The van der Waals surface area contributed by atoms with Gasteiger partial charge in [-0.05, 0) is 30.9 Å². The molecule has 0 saturated carbocycles. The van der Waals surface area contributed by atoms with Crippen LogP contribution in [0.4, 0.5) is 8.78 Å². The van der Waals surface area contributed by atoms with Gasteiger partial charge in [0.25, 0.3) is 5.91 Å². The van der Waals surface area contributed by atoms with E-state index in [1.54, 1.807) is 12.0 Å². The summed E-state index contributed by atoms with van der Waals surface area (Å²) in [6.45, 7) is 1.86. The third-order valence-corrected chi connectivity index (χ3v) is 3.47. The molecule has 19 heavy (non-hydrogen) atoms. The van der Waals surface area contributed by atoms with Crippen molar-refractivity contribution < 1.29 is 18.3 Å². The number of carbonyl (C=O) groups excluding carboxylic acids is 1. The van der Waals surface area contributed by atoms with Crippen molar-refractivity contribution >= 4 is 5.91 Å². The predicted octanol–water partition coefficient (Wildman–Crippen LogP) is 2.46. The van der Waals surface area contributed by atoms with Crippen molar-refractivity contribution in [2.45, 2.75) is 12.8 Å². The zero-order chi connectivity index (χ0) is 13.8. The largest absolute Gasteiger partial charge is 0.384 e. The van der Waals surface area contributed by atoms with E-state index in [-0.39, 0.29) is 11.5 Å². The number of carbonyl (C=O) groups is 1. The summed E-state index contributed by atoms with van der Waals surface area (Å²) in [4.78, 5) is 13.7. The van der Waals surface area contributed by atoms with Crippen molar-refractivity contribution in [3.8, 4) is 0 Å². The molecule has 5 heteroatoms. The highest BCUT2D eigenvalue weighted by atomic mass is 19.1. The van der Waals surface area contributed by atoms with E-state index in [0.29, 0.717) is 25.6 Å². The minimum absolute atomic E-state index is 0.0633. The van der Waals surface area contributed by atoms with Gasteiger partial charge in [0.1, 0.15) is 11.6 Å². The summed E-state index contributed by atoms with van der Waals surface area (Å²) in [5.41, 5.74) is -0.0633. The molecule has 2 rings (SSSR count). The van der Waals surface area contributed by atoms with Gasteiger partial charge < -0.3 is 9.64 Å². The highest BCUT2D eigenvalue weighted by Crippen LogP contribution is 2.20. The number of amides is 1. The van der Waals surface area contributed by atoms with Gasteiger partial charge in [0.15, 0.2) is 0 Å². The van der Waals surface area contributed by atoms with Gasteiger partial charge >= 0.3 is 0 Å². The molecule has 0 aromatic heterocycles. The summed E-state index contributed by atoms with van der Waals surface area (Å²) < 4.78 is 31.4. The lowest BCUT2D eigenvalue weighted by molar-refractivity contribution is 0.0609. The highest BCUT2D eigenvalue weighted by molar-refractivity contribution is 5.94. The van der Waals surface area contributed by atoms with Gasteiger partial charge in [0.05, 0.1) is 5.56 Å². The molecule has 1 saturated heterocycles. The van der Waals surface area contributed by atoms with Crippen LogP contribution in [0.1, 0.15) is 23.2 Å². The maximum absolute atomic E-state index is 13.5. The van der Waals surface area contributed by atoms with E-state index in [9.17, 15) is 13.6 Å². The summed E-state index contributed by atoms with van der Waals surface area (Å²) in [5.74, 6) is -1.39. The fourth-order valence-corrected chi connectivity index (χ4v) is 2.37. The number of ether oxygens (including phenoxy) is 1. The zero-order valence-electron chi connectivity index (χ0n) is 10.9. The third kappa shape index (κ3) is 3.29. The van der Waals surface area contributed by atoms with Gasteiger partial charge in [-0.15, -0.1) is 0 Å². The van der Waals surface area contributed by atoms with Crippen molar-refractivity contribution in [1.29, 1.82) is 0 Å². The number of nitrogens with zero attached hydrogens (tertiary/aromatic N) is 1. The summed E-state index contributed by atoms with van der Waals surface area (Å²) in [6.07, 6.45) is 1.70. The number of methoxy groups -OCH3 is 1. The first-order valence-corrected chi connectivity index (χ1v) is 6.35. The normalized spacial score (nSPS) is 16.7. The Bertz CT molecular complexity index is 457. The SMILES string of the molecule is COCC1CCN(C(=O)c2ccc(F)cc2F)CC1. The summed E-state index contributed by atoms with van der Waals surface area (Å²) in [6, 6.07) is 3.05. The quantitative estimate of drug-likeness (QED) is 0.843. The lowest BCUT2D eigenvalue weighted by atomic mass is 9.97. The Morgan fingerprint density at radius 3 is 2.63 bits per heavy atom. The first-order valence-electron chi connectivity index (χ1n) is 6.35. The van der Waals surface area contributed by atoms with Crippen LogP contribution in [0.25, 0.3) is 0 Å². The summed E-state index contributed by atoms with van der Waals surface area (Å²) in [5, 5.41) is 0. The van der Waals surface area contributed by atoms with Gasteiger partial charge in [-0.2, -0.15) is 0 Å². The van der Waals surface area contributed by atoms with Crippen molar-refractivity contribution in [2.24, 2.45) is 5.92 Å². The van der Waals surface area contributed by atoms with E-state index in [2.05, 4.69) is 0 Å². The maximum Gasteiger partial charge on any atom is 0.256 e. The number of benzene rings is 1. The van der Waals surface area contributed by atoms with E-state index in [1.807, 2.05) is 0 Å². The average Bonchev–Trinajstić information content (AvgIpc) is 2.39. The molecular weight excluding hydrogens is 252 g/mol. The van der Waals surface area contributed by atoms with Crippen LogP contribution in [0.15, 0.2) is 18.2 Å². The second-order valence-corrected chi connectivity index (χ2v) is 4.82. The van der Waals surface area contributed by atoms with E-state index in [4.69, 9.17) is 4.74 Å². The molecule has 1 aliphatic heterocycles. The Labute approximate surface area is 111 Å². The Balaban J connectivity index is 2.01. The van der Waals surface area contributed by atoms with Crippen LogP contribution in [-0.2, 0) is 4.74 Å². The number of halogens is 2. The molecule has 3 nitrogen and oxygen atoms in total. The molecule has 0 unspecified atom stereocenters. The van der Waals surface area contributed by atoms with Gasteiger partial charge in [0.2, 0.25) is 0 Å². The molecule has 1 fully saturated rings. The molecule has 0 aliphatic carbocycles. The minimum Gasteiger partial charge on any atom is -0.384 e. The van der Waals surface area contributed by atoms with Crippen molar-refractivity contribution in [3.05, 3.63) is 35.4 Å². The molecule has 0 radical (unpaired) electrons. The first kappa shape index (κ1) is 13.9. The standard InChI is InChI=1S/C14H17F2NO2/c1-19-9-10-4-6-17(7-5-10)14(18)12-3-2-11(15)8-13(12)16/h2-3,8,10H,4-7,9H2,1H3. The van der Waals surface area contributed by atoms with Crippen LogP contribution in [0.3, 0.4) is 0 Å². The van der Waals surface area contributed by atoms with Crippen molar-refractivity contribution in [3.63, 3.8) is 0 Å². The van der Waals surface area contributed by atoms with Crippen LogP contribution in [0.5, 0.6) is 0 Å². The molecular formula is C14H17F2NO2. The van der Waals surface area contributed by atoms with E-state index in [0.717, 1.165) is 25.0 Å².